The summed E-state index contributed by atoms with van der Waals surface area (Å²) in [6.45, 7) is 5.99. The van der Waals surface area contributed by atoms with Crippen molar-refractivity contribution in [2.75, 3.05) is 13.1 Å². The summed E-state index contributed by atoms with van der Waals surface area (Å²) < 4.78 is 0. The Morgan fingerprint density at radius 1 is 1.38 bits per heavy atom. The normalized spacial score (nSPS) is 19.5. The molecule has 1 fully saturated rings. The van der Waals surface area contributed by atoms with Crippen LogP contribution in [0.15, 0.2) is 0 Å². The number of nitrogens with zero attached hydrogens (tertiary/aromatic N) is 1. The van der Waals surface area contributed by atoms with Gasteiger partial charge in [0.1, 0.15) is 5.38 Å². The van der Waals surface area contributed by atoms with Crippen molar-refractivity contribution in [3.8, 4) is 0 Å². The fourth-order valence-corrected chi connectivity index (χ4v) is 2.14. The molecular formula is C10H18ClNO. The number of hydrogen-bond acceptors (Lipinski definition) is 1. The van der Waals surface area contributed by atoms with Crippen molar-refractivity contribution in [2.45, 2.75) is 38.5 Å². The summed E-state index contributed by atoms with van der Waals surface area (Å²) in [6.07, 6.45) is 3.06. The first-order valence-corrected chi connectivity index (χ1v) is 5.47. The molecule has 76 valence electrons. The van der Waals surface area contributed by atoms with E-state index in [9.17, 15) is 4.79 Å². The maximum absolute atomic E-state index is 11.7. The van der Waals surface area contributed by atoms with Gasteiger partial charge in [0.05, 0.1) is 0 Å². The first kappa shape index (κ1) is 10.8. The Labute approximate surface area is 85.2 Å². The second-order valence-electron chi connectivity index (χ2n) is 4.13. The largest absolute Gasteiger partial charge is 0.341 e. The highest BCUT2D eigenvalue weighted by Crippen LogP contribution is 2.16. The molecule has 0 aromatic carbocycles. The van der Waals surface area contributed by atoms with Gasteiger partial charge in [0.25, 0.3) is 0 Å². The molecule has 0 bridgehead atoms. The minimum Gasteiger partial charge on any atom is -0.341 e. The lowest BCUT2D eigenvalue weighted by molar-refractivity contribution is -0.130. The zero-order valence-corrected chi connectivity index (χ0v) is 9.18. The summed E-state index contributed by atoms with van der Waals surface area (Å²) in [5.41, 5.74) is 0. The first-order chi connectivity index (χ1) is 6.11. The van der Waals surface area contributed by atoms with E-state index < -0.39 is 0 Å². The fraction of sp³-hybridized carbons (Fsp3) is 0.900. The van der Waals surface area contributed by atoms with Crippen LogP contribution in [0.3, 0.4) is 0 Å². The van der Waals surface area contributed by atoms with E-state index in [1.807, 2.05) is 4.90 Å². The topological polar surface area (TPSA) is 20.3 Å². The van der Waals surface area contributed by atoms with Crippen molar-refractivity contribution in [2.24, 2.45) is 5.92 Å². The van der Waals surface area contributed by atoms with E-state index in [2.05, 4.69) is 13.8 Å². The molecule has 1 heterocycles. The SMILES string of the molecule is CC(C)CC(Cl)C(=O)N1CCCC1. The summed E-state index contributed by atoms with van der Waals surface area (Å²) in [5, 5.41) is -0.307. The lowest BCUT2D eigenvalue weighted by Gasteiger charge is -2.19. The number of alkyl halides is 1. The number of likely N-dealkylation sites (tertiary alicyclic amines) is 1. The maximum Gasteiger partial charge on any atom is 0.240 e. The Hall–Kier alpha value is -0.240. The monoisotopic (exact) mass is 203 g/mol. The van der Waals surface area contributed by atoms with Gasteiger partial charge in [0, 0.05) is 13.1 Å². The molecule has 0 saturated carbocycles. The summed E-state index contributed by atoms with van der Waals surface area (Å²) in [7, 11) is 0. The molecule has 1 amide bonds. The first-order valence-electron chi connectivity index (χ1n) is 5.04. The van der Waals surface area contributed by atoms with Crippen LogP contribution in [-0.4, -0.2) is 29.3 Å². The zero-order valence-electron chi connectivity index (χ0n) is 8.42. The van der Waals surface area contributed by atoms with Crippen molar-refractivity contribution in [3.63, 3.8) is 0 Å². The zero-order chi connectivity index (χ0) is 9.84. The summed E-state index contributed by atoms with van der Waals surface area (Å²) in [4.78, 5) is 13.6. The minimum absolute atomic E-state index is 0.132. The molecule has 1 aliphatic heterocycles. The van der Waals surface area contributed by atoms with Crippen molar-refractivity contribution in [3.05, 3.63) is 0 Å². The third-order valence-corrected chi connectivity index (χ3v) is 2.73. The van der Waals surface area contributed by atoms with Gasteiger partial charge in [0.2, 0.25) is 5.91 Å². The van der Waals surface area contributed by atoms with E-state index in [0.29, 0.717) is 5.92 Å². The number of rotatable bonds is 3. The molecule has 1 aliphatic rings. The molecule has 1 unspecified atom stereocenters. The van der Waals surface area contributed by atoms with Crippen molar-refractivity contribution >= 4 is 17.5 Å². The molecule has 0 spiro atoms. The van der Waals surface area contributed by atoms with Crippen molar-refractivity contribution < 1.29 is 4.79 Å². The van der Waals surface area contributed by atoms with Crippen LogP contribution in [0.25, 0.3) is 0 Å². The quantitative estimate of drug-likeness (QED) is 0.645. The predicted molar refractivity (Wildman–Crippen MR) is 54.9 cm³/mol. The molecule has 13 heavy (non-hydrogen) atoms. The van der Waals surface area contributed by atoms with Gasteiger partial charge in [-0.15, -0.1) is 11.6 Å². The Balaban J connectivity index is 2.36. The molecule has 0 radical (unpaired) electrons. The van der Waals surface area contributed by atoms with Crippen LogP contribution in [0.4, 0.5) is 0 Å². The van der Waals surface area contributed by atoms with Gasteiger partial charge in [0.15, 0.2) is 0 Å². The van der Waals surface area contributed by atoms with Gasteiger partial charge in [-0.2, -0.15) is 0 Å². The van der Waals surface area contributed by atoms with Crippen LogP contribution in [0, 0.1) is 5.92 Å². The molecule has 0 aliphatic carbocycles. The number of carbonyl (C=O) groups is 1. The third kappa shape index (κ3) is 3.18. The van der Waals surface area contributed by atoms with Gasteiger partial charge in [-0.3, -0.25) is 4.79 Å². The van der Waals surface area contributed by atoms with Crippen LogP contribution in [0.2, 0.25) is 0 Å². The molecule has 0 aromatic heterocycles. The van der Waals surface area contributed by atoms with E-state index in [1.165, 1.54) is 0 Å². The molecule has 3 heteroatoms. The number of amides is 1. The lowest BCUT2D eigenvalue weighted by Crippen LogP contribution is -2.35. The van der Waals surface area contributed by atoms with Gasteiger partial charge in [-0.1, -0.05) is 13.8 Å². The second-order valence-corrected chi connectivity index (χ2v) is 4.66. The highest BCUT2D eigenvalue weighted by Gasteiger charge is 2.24. The summed E-state index contributed by atoms with van der Waals surface area (Å²) in [5.74, 6) is 0.627. The van der Waals surface area contributed by atoms with E-state index >= 15 is 0 Å². The Bertz CT molecular complexity index is 176. The highest BCUT2D eigenvalue weighted by molar-refractivity contribution is 6.30. The Morgan fingerprint density at radius 3 is 2.38 bits per heavy atom. The molecule has 1 rings (SSSR count). The van der Waals surface area contributed by atoms with Gasteiger partial charge in [-0.05, 0) is 25.2 Å². The third-order valence-electron chi connectivity index (χ3n) is 2.36. The maximum atomic E-state index is 11.7. The van der Waals surface area contributed by atoms with Crippen molar-refractivity contribution in [1.29, 1.82) is 0 Å². The van der Waals surface area contributed by atoms with Gasteiger partial charge >= 0.3 is 0 Å². The van der Waals surface area contributed by atoms with Crippen LogP contribution in [0.5, 0.6) is 0 Å². The van der Waals surface area contributed by atoms with Crippen LogP contribution < -0.4 is 0 Å². The van der Waals surface area contributed by atoms with Crippen LogP contribution in [-0.2, 0) is 4.79 Å². The number of halogens is 1. The summed E-state index contributed by atoms with van der Waals surface area (Å²) in [6, 6.07) is 0. The minimum atomic E-state index is -0.307. The Morgan fingerprint density at radius 2 is 1.92 bits per heavy atom. The molecule has 2 nitrogen and oxygen atoms in total. The average molecular weight is 204 g/mol. The van der Waals surface area contributed by atoms with Crippen molar-refractivity contribution in [1.82, 2.24) is 4.90 Å². The molecule has 1 atom stereocenters. The standard InChI is InChI=1S/C10H18ClNO/c1-8(2)7-9(11)10(13)12-5-3-4-6-12/h8-9H,3-7H2,1-2H3. The molecule has 0 N–H and O–H groups in total. The Kier molecular flexibility index (Phi) is 4.04. The van der Waals surface area contributed by atoms with E-state index in [1.54, 1.807) is 0 Å². The molecule has 1 saturated heterocycles. The van der Waals surface area contributed by atoms with Gasteiger partial charge in [-0.25, -0.2) is 0 Å². The summed E-state index contributed by atoms with van der Waals surface area (Å²) >= 11 is 6.02. The van der Waals surface area contributed by atoms with Crippen LogP contribution in [0.1, 0.15) is 33.1 Å². The molecule has 0 aromatic rings. The number of hydrogen-bond donors (Lipinski definition) is 0. The average Bonchev–Trinajstić information content (AvgIpc) is 2.53. The predicted octanol–water partition coefficient (Wildman–Crippen LogP) is 2.26. The number of carbonyl (C=O) groups excluding carboxylic acids is 1. The molecular weight excluding hydrogens is 186 g/mol. The van der Waals surface area contributed by atoms with E-state index in [4.69, 9.17) is 11.6 Å². The second kappa shape index (κ2) is 4.85. The smallest absolute Gasteiger partial charge is 0.240 e. The van der Waals surface area contributed by atoms with E-state index in [-0.39, 0.29) is 11.3 Å². The van der Waals surface area contributed by atoms with Gasteiger partial charge < -0.3 is 4.90 Å². The lowest BCUT2D eigenvalue weighted by atomic mass is 10.1. The van der Waals surface area contributed by atoms with E-state index in [0.717, 1.165) is 32.4 Å². The van der Waals surface area contributed by atoms with Crippen LogP contribution >= 0.6 is 11.6 Å². The fourth-order valence-electron chi connectivity index (χ4n) is 1.65. The highest BCUT2D eigenvalue weighted by atomic mass is 35.5.